The molecule has 0 spiro atoms. The lowest BCUT2D eigenvalue weighted by molar-refractivity contribution is 0.462. The maximum Gasteiger partial charge on any atom is 0.123 e. The van der Waals surface area contributed by atoms with E-state index in [1.165, 1.54) is 18.2 Å². The topological polar surface area (TPSA) is 56.0 Å². The SMILES string of the molecule is CC(Nc1cc(Br)ccc1C#N)c1cc(F)ccc1O. The Hall–Kier alpha value is -2.06. The van der Waals surface area contributed by atoms with Gasteiger partial charge in [-0.2, -0.15) is 5.26 Å². The molecule has 0 bridgehead atoms. The van der Waals surface area contributed by atoms with Crippen LogP contribution in [0.4, 0.5) is 10.1 Å². The molecule has 1 unspecified atom stereocenters. The molecule has 1 atom stereocenters. The van der Waals surface area contributed by atoms with Crippen molar-refractivity contribution in [3.8, 4) is 11.8 Å². The quantitative estimate of drug-likeness (QED) is 0.877. The normalized spacial score (nSPS) is 11.7. The van der Waals surface area contributed by atoms with Crippen molar-refractivity contribution in [1.29, 1.82) is 5.26 Å². The molecule has 2 rings (SSSR count). The fraction of sp³-hybridized carbons (Fsp3) is 0.133. The molecule has 0 radical (unpaired) electrons. The van der Waals surface area contributed by atoms with Crippen LogP contribution in [0.3, 0.4) is 0 Å². The minimum absolute atomic E-state index is 0.0138. The van der Waals surface area contributed by atoms with E-state index in [9.17, 15) is 9.50 Å². The molecule has 0 aliphatic heterocycles. The molecule has 2 aromatic rings. The number of hydrogen-bond donors (Lipinski definition) is 2. The fourth-order valence-electron chi connectivity index (χ4n) is 1.92. The van der Waals surface area contributed by atoms with Gasteiger partial charge in [-0.25, -0.2) is 4.39 Å². The van der Waals surface area contributed by atoms with Crippen molar-refractivity contribution in [3.05, 3.63) is 57.8 Å². The Bertz CT molecular complexity index is 682. The van der Waals surface area contributed by atoms with E-state index in [4.69, 9.17) is 5.26 Å². The Morgan fingerprint density at radius 3 is 2.75 bits per heavy atom. The van der Waals surface area contributed by atoms with Crippen molar-refractivity contribution in [2.75, 3.05) is 5.32 Å². The molecule has 102 valence electrons. The van der Waals surface area contributed by atoms with E-state index < -0.39 is 5.82 Å². The number of anilines is 1. The summed E-state index contributed by atoms with van der Waals surface area (Å²) in [6, 6.07) is 10.8. The molecule has 0 saturated heterocycles. The van der Waals surface area contributed by atoms with Crippen LogP contribution < -0.4 is 5.32 Å². The number of benzene rings is 2. The second kappa shape index (κ2) is 5.93. The third-order valence-electron chi connectivity index (χ3n) is 2.93. The molecule has 3 nitrogen and oxygen atoms in total. The van der Waals surface area contributed by atoms with Crippen molar-refractivity contribution < 1.29 is 9.50 Å². The van der Waals surface area contributed by atoms with Gasteiger partial charge >= 0.3 is 0 Å². The van der Waals surface area contributed by atoms with Crippen LogP contribution in [-0.2, 0) is 0 Å². The van der Waals surface area contributed by atoms with Gasteiger partial charge in [-0.1, -0.05) is 15.9 Å². The van der Waals surface area contributed by atoms with E-state index in [-0.39, 0.29) is 11.8 Å². The predicted molar refractivity (Wildman–Crippen MR) is 79.0 cm³/mol. The van der Waals surface area contributed by atoms with E-state index in [1.807, 2.05) is 0 Å². The van der Waals surface area contributed by atoms with Crippen LogP contribution in [0.25, 0.3) is 0 Å². The zero-order chi connectivity index (χ0) is 14.7. The summed E-state index contributed by atoms with van der Waals surface area (Å²) in [6.45, 7) is 1.79. The zero-order valence-corrected chi connectivity index (χ0v) is 12.3. The van der Waals surface area contributed by atoms with Gasteiger partial charge in [0.15, 0.2) is 0 Å². The highest BCUT2D eigenvalue weighted by atomic mass is 79.9. The maximum absolute atomic E-state index is 13.3. The molecule has 0 aliphatic carbocycles. The molecule has 0 aromatic heterocycles. The maximum atomic E-state index is 13.3. The van der Waals surface area contributed by atoms with E-state index in [0.717, 1.165) is 4.47 Å². The van der Waals surface area contributed by atoms with Gasteiger partial charge in [0.25, 0.3) is 0 Å². The minimum atomic E-state index is -0.416. The molecule has 0 heterocycles. The largest absolute Gasteiger partial charge is 0.508 e. The first-order valence-electron chi connectivity index (χ1n) is 5.96. The van der Waals surface area contributed by atoms with Crippen LogP contribution in [0.5, 0.6) is 5.75 Å². The van der Waals surface area contributed by atoms with Crippen molar-refractivity contribution >= 4 is 21.6 Å². The standard InChI is InChI=1S/C15H12BrFN2O/c1-9(13-7-12(17)4-5-15(13)20)19-14-6-11(16)3-2-10(14)8-18/h2-7,9,19-20H,1H3. The van der Waals surface area contributed by atoms with Gasteiger partial charge in [0.2, 0.25) is 0 Å². The third kappa shape index (κ3) is 3.09. The average Bonchev–Trinajstić information content (AvgIpc) is 2.41. The number of phenols is 1. The Balaban J connectivity index is 2.32. The predicted octanol–water partition coefficient (Wildman–Crippen LogP) is 4.34. The van der Waals surface area contributed by atoms with Gasteiger partial charge < -0.3 is 10.4 Å². The second-order valence-electron chi connectivity index (χ2n) is 4.37. The van der Waals surface area contributed by atoms with Gasteiger partial charge in [0, 0.05) is 10.0 Å². The van der Waals surface area contributed by atoms with E-state index in [2.05, 4.69) is 27.3 Å². The molecule has 0 fully saturated rings. The summed E-state index contributed by atoms with van der Waals surface area (Å²) < 4.78 is 14.1. The molecular formula is C15H12BrFN2O. The number of nitrogens with zero attached hydrogens (tertiary/aromatic N) is 1. The van der Waals surface area contributed by atoms with Crippen molar-refractivity contribution in [2.45, 2.75) is 13.0 Å². The first kappa shape index (κ1) is 14.4. The van der Waals surface area contributed by atoms with E-state index >= 15 is 0 Å². The van der Waals surface area contributed by atoms with E-state index in [1.54, 1.807) is 25.1 Å². The molecule has 0 aliphatic rings. The Labute approximate surface area is 124 Å². The Morgan fingerprint density at radius 1 is 1.30 bits per heavy atom. The molecule has 5 heteroatoms. The highest BCUT2D eigenvalue weighted by Crippen LogP contribution is 2.30. The van der Waals surface area contributed by atoms with Gasteiger partial charge in [-0.05, 0) is 43.3 Å². The van der Waals surface area contributed by atoms with Gasteiger partial charge in [0.05, 0.1) is 17.3 Å². The Kier molecular flexibility index (Phi) is 4.26. The second-order valence-corrected chi connectivity index (χ2v) is 5.29. The van der Waals surface area contributed by atoms with Crippen LogP contribution in [0.2, 0.25) is 0 Å². The monoisotopic (exact) mass is 334 g/mol. The summed E-state index contributed by atoms with van der Waals surface area (Å²) in [5.41, 5.74) is 1.54. The van der Waals surface area contributed by atoms with Crippen LogP contribution >= 0.6 is 15.9 Å². The Morgan fingerprint density at radius 2 is 2.05 bits per heavy atom. The number of nitriles is 1. The fourth-order valence-corrected chi connectivity index (χ4v) is 2.28. The number of phenolic OH excluding ortho intramolecular Hbond substituents is 1. The van der Waals surface area contributed by atoms with Gasteiger partial charge in [0.1, 0.15) is 17.6 Å². The average molecular weight is 335 g/mol. The summed E-state index contributed by atoms with van der Waals surface area (Å²) in [5, 5.41) is 22.0. The smallest absolute Gasteiger partial charge is 0.123 e. The highest BCUT2D eigenvalue weighted by Gasteiger charge is 2.13. The minimum Gasteiger partial charge on any atom is -0.508 e. The molecule has 20 heavy (non-hydrogen) atoms. The van der Waals surface area contributed by atoms with E-state index in [0.29, 0.717) is 16.8 Å². The molecule has 0 saturated carbocycles. The number of aromatic hydroxyl groups is 1. The number of nitrogens with one attached hydrogen (secondary N) is 1. The van der Waals surface area contributed by atoms with Crippen molar-refractivity contribution in [2.24, 2.45) is 0 Å². The van der Waals surface area contributed by atoms with Gasteiger partial charge in [-0.3, -0.25) is 0 Å². The lowest BCUT2D eigenvalue weighted by Gasteiger charge is -2.18. The summed E-state index contributed by atoms with van der Waals surface area (Å²) >= 11 is 3.34. The number of halogens is 2. The molecule has 2 N–H and O–H groups in total. The van der Waals surface area contributed by atoms with Gasteiger partial charge in [-0.15, -0.1) is 0 Å². The van der Waals surface area contributed by atoms with Crippen LogP contribution in [0, 0.1) is 17.1 Å². The third-order valence-corrected chi connectivity index (χ3v) is 3.42. The first-order valence-corrected chi connectivity index (χ1v) is 6.75. The lowest BCUT2D eigenvalue weighted by atomic mass is 10.1. The summed E-state index contributed by atoms with van der Waals surface area (Å²) in [4.78, 5) is 0. The summed E-state index contributed by atoms with van der Waals surface area (Å²) in [7, 11) is 0. The van der Waals surface area contributed by atoms with Crippen LogP contribution in [-0.4, -0.2) is 5.11 Å². The molecule has 0 amide bonds. The number of rotatable bonds is 3. The van der Waals surface area contributed by atoms with Crippen molar-refractivity contribution in [1.82, 2.24) is 0 Å². The van der Waals surface area contributed by atoms with Crippen LogP contribution in [0.15, 0.2) is 40.9 Å². The summed E-state index contributed by atoms with van der Waals surface area (Å²) in [5.74, 6) is -0.402. The highest BCUT2D eigenvalue weighted by molar-refractivity contribution is 9.10. The molecular weight excluding hydrogens is 323 g/mol. The zero-order valence-electron chi connectivity index (χ0n) is 10.7. The van der Waals surface area contributed by atoms with Crippen LogP contribution in [0.1, 0.15) is 24.1 Å². The number of hydrogen-bond acceptors (Lipinski definition) is 3. The van der Waals surface area contributed by atoms with Crippen molar-refractivity contribution in [3.63, 3.8) is 0 Å². The molecule has 2 aromatic carbocycles. The first-order chi connectivity index (χ1) is 9.51. The lowest BCUT2D eigenvalue weighted by Crippen LogP contribution is -2.08. The summed E-state index contributed by atoms with van der Waals surface area (Å²) in [6.07, 6.45) is 0.